The maximum Gasteiger partial charge on any atom is 0.233 e. The van der Waals surface area contributed by atoms with Gasteiger partial charge in [0.2, 0.25) is 5.91 Å². The van der Waals surface area contributed by atoms with Crippen molar-refractivity contribution in [3.05, 3.63) is 35.6 Å². The Hall–Kier alpha value is -1.17. The Labute approximate surface area is 137 Å². The molecule has 0 atom stereocenters. The summed E-state index contributed by atoms with van der Waals surface area (Å²) < 4.78 is 17.9. The second-order valence-electron chi connectivity index (χ2n) is 5.59. The van der Waals surface area contributed by atoms with Crippen LogP contribution in [0.15, 0.2) is 24.3 Å². The van der Waals surface area contributed by atoms with Crippen molar-refractivity contribution >= 4 is 18.3 Å². The smallest absolute Gasteiger partial charge is 0.233 e. The lowest BCUT2D eigenvalue weighted by molar-refractivity contribution is -0.120. The predicted octanol–water partition coefficient (Wildman–Crippen LogP) is 2.02. The van der Waals surface area contributed by atoms with E-state index in [4.69, 9.17) is 4.74 Å². The fourth-order valence-electron chi connectivity index (χ4n) is 2.68. The van der Waals surface area contributed by atoms with E-state index >= 15 is 0 Å². The van der Waals surface area contributed by atoms with Crippen LogP contribution in [0.4, 0.5) is 4.39 Å². The van der Waals surface area contributed by atoms with Gasteiger partial charge in [-0.05, 0) is 30.5 Å². The number of carbonyl (C=O) groups excluding carboxylic acids is 1. The molecule has 124 valence electrons. The Balaban J connectivity index is 0.00000242. The third-order valence-corrected chi connectivity index (χ3v) is 4.16. The van der Waals surface area contributed by atoms with Crippen LogP contribution in [-0.4, -0.2) is 39.3 Å². The van der Waals surface area contributed by atoms with Crippen molar-refractivity contribution < 1.29 is 13.9 Å². The Kier molecular flexibility index (Phi) is 7.79. The zero-order valence-electron chi connectivity index (χ0n) is 12.9. The second-order valence-corrected chi connectivity index (χ2v) is 5.59. The largest absolute Gasteiger partial charge is 0.383 e. The zero-order chi connectivity index (χ0) is 15.1. The highest BCUT2D eigenvalue weighted by atomic mass is 35.5. The summed E-state index contributed by atoms with van der Waals surface area (Å²) in [6, 6.07) is 6.64. The molecule has 0 unspecified atom stereocenters. The minimum Gasteiger partial charge on any atom is -0.383 e. The summed E-state index contributed by atoms with van der Waals surface area (Å²) in [5.41, 5.74) is 1.10. The molecule has 22 heavy (non-hydrogen) atoms. The van der Waals surface area contributed by atoms with Crippen molar-refractivity contribution in [2.24, 2.45) is 0 Å². The maximum absolute atomic E-state index is 13.0. The molecule has 1 amide bonds. The van der Waals surface area contributed by atoms with Crippen LogP contribution in [0, 0.1) is 5.82 Å². The second kappa shape index (κ2) is 9.08. The molecule has 0 spiro atoms. The standard InChI is InChI=1S/C16H23FN2O2.ClH/c1-21-10-9-18-11-15(20)19-12-16(7-2-8-16)13-3-5-14(17)6-4-13;/h3-6,18H,2,7-12H2,1H3,(H,19,20);1H. The fraction of sp³-hybridized carbons (Fsp3) is 0.562. The Bertz CT molecular complexity index is 464. The lowest BCUT2D eigenvalue weighted by atomic mass is 9.64. The molecule has 2 N–H and O–H groups in total. The summed E-state index contributed by atoms with van der Waals surface area (Å²) in [6.07, 6.45) is 3.23. The van der Waals surface area contributed by atoms with Gasteiger partial charge in [-0.1, -0.05) is 18.6 Å². The number of methoxy groups -OCH3 is 1. The van der Waals surface area contributed by atoms with Crippen molar-refractivity contribution in [3.8, 4) is 0 Å². The first-order valence-corrected chi connectivity index (χ1v) is 7.39. The summed E-state index contributed by atoms with van der Waals surface area (Å²) in [7, 11) is 1.63. The molecule has 0 aliphatic heterocycles. The molecule has 1 aliphatic carbocycles. The molecule has 6 heteroatoms. The Morgan fingerprint density at radius 3 is 2.55 bits per heavy atom. The fourth-order valence-corrected chi connectivity index (χ4v) is 2.68. The summed E-state index contributed by atoms with van der Waals surface area (Å²) in [5, 5.41) is 6.00. The first kappa shape index (κ1) is 18.9. The molecule has 1 aliphatic rings. The number of rotatable bonds is 8. The lowest BCUT2D eigenvalue weighted by Gasteiger charge is -2.42. The quantitative estimate of drug-likeness (QED) is 0.717. The molecule has 1 saturated carbocycles. The van der Waals surface area contributed by atoms with E-state index in [-0.39, 0.29) is 29.5 Å². The number of benzene rings is 1. The Morgan fingerprint density at radius 2 is 2.00 bits per heavy atom. The van der Waals surface area contributed by atoms with Crippen molar-refractivity contribution in [1.29, 1.82) is 0 Å². The van der Waals surface area contributed by atoms with E-state index in [9.17, 15) is 9.18 Å². The molecule has 0 bridgehead atoms. The van der Waals surface area contributed by atoms with Gasteiger partial charge in [0, 0.05) is 25.6 Å². The molecule has 0 radical (unpaired) electrons. The van der Waals surface area contributed by atoms with Crippen LogP contribution in [0.25, 0.3) is 0 Å². The van der Waals surface area contributed by atoms with Gasteiger partial charge in [0.05, 0.1) is 13.2 Å². The summed E-state index contributed by atoms with van der Waals surface area (Å²) in [6.45, 7) is 2.16. The molecule has 2 rings (SSSR count). The highest BCUT2D eigenvalue weighted by Gasteiger charge is 2.38. The summed E-state index contributed by atoms with van der Waals surface area (Å²) in [5.74, 6) is -0.237. The van der Waals surface area contributed by atoms with Crippen LogP contribution in [0.1, 0.15) is 24.8 Å². The van der Waals surface area contributed by atoms with Gasteiger partial charge in [0.1, 0.15) is 5.82 Å². The van der Waals surface area contributed by atoms with E-state index in [1.54, 1.807) is 7.11 Å². The van der Waals surface area contributed by atoms with E-state index in [0.717, 1.165) is 24.8 Å². The van der Waals surface area contributed by atoms with Crippen LogP contribution >= 0.6 is 12.4 Å². The molecular formula is C16H24ClFN2O2. The summed E-state index contributed by atoms with van der Waals surface area (Å²) >= 11 is 0. The molecule has 0 heterocycles. The van der Waals surface area contributed by atoms with Crippen LogP contribution in [-0.2, 0) is 14.9 Å². The van der Waals surface area contributed by atoms with E-state index in [1.165, 1.54) is 12.1 Å². The maximum atomic E-state index is 13.0. The van der Waals surface area contributed by atoms with Gasteiger partial charge in [0.15, 0.2) is 0 Å². The normalized spacial score (nSPS) is 15.5. The SMILES string of the molecule is COCCNCC(=O)NCC1(c2ccc(F)cc2)CCC1.Cl. The van der Waals surface area contributed by atoms with E-state index < -0.39 is 0 Å². The van der Waals surface area contributed by atoms with Gasteiger partial charge in [-0.3, -0.25) is 4.79 Å². The number of amides is 1. The van der Waals surface area contributed by atoms with E-state index in [2.05, 4.69) is 10.6 Å². The number of hydrogen-bond donors (Lipinski definition) is 2. The number of halogens is 2. The van der Waals surface area contributed by atoms with Crippen LogP contribution < -0.4 is 10.6 Å². The molecule has 4 nitrogen and oxygen atoms in total. The van der Waals surface area contributed by atoms with Gasteiger partial charge in [-0.15, -0.1) is 12.4 Å². The predicted molar refractivity (Wildman–Crippen MR) is 86.9 cm³/mol. The minimum absolute atomic E-state index is 0. The van der Waals surface area contributed by atoms with E-state index in [1.807, 2.05) is 12.1 Å². The van der Waals surface area contributed by atoms with Crippen molar-refractivity contribution in [3.63, 3.8) is 0 Å². The first-order chi connectivity index (χ1) is 10.2. The monoisotopic (exact) mass is 330 g/mol. The number of ether oxygens (including phenoxy) is 1. The van der Waals surface area contributed by atoms with Gasteiger partial charge >= 0.3 is 0 Å². The third kappa shape index (κ3) is 4.93. The van der Waals surface area contributed by atoms with Crippen LogP contribution in [0.3, 0.4) is 0 Å². The highest BCUT2D eigenvalue weighted by Crippen LogP contribution is 2.43. The number of nitrogens with one attached hydrogen (secondary N) is 2. The van der Waals surface area contributed by atoms with Crippen molar-refractivity contribution in [1.82, 2.24) is 10.6 Å². The molecule has 1 aromatic rings. The molecule has 1 fully saturated rings. The highest BCUT2D eigenvalue weighted by molar-refractivity contribution is 5.85. The van der Waals surface area contributed by atoms with Gasteiger partial charge in [-0.2, -0.15) is 0 Å². The Morgan fingerprint density at radius 1 is 1.32 bits per heavy atom. The van der Waals surface area contributed by atoms with E-state index in [0.29, 0.717) is 26.2 Å². The van der Waals surface area contributed by atoms with Gasteiger partial charge < -0.3 is 15.4 Å². The van der Waals surface area contributed by atoms with Gasteiger partial charge in [0.25, 0.3) is 0 Å². The van der Waals surface area contributed by atoms with Gasteiger partial charge in [-0.25, -0.2) is 4.39 Å². The average Bonchev–Trinajstić information content (AvgIpc) is 2.44. The summed E-state index contributed by atoms with van der Waals surface area (Å²) in [4.78, 5) is 11.8. The minimum atomic E-state index is -0.223. The molecular weight excluding hydrogens is 307 g/mol. The topological polar surface area (TPSA) is 50.4 Å². The number of hydrogen-bond acceptors (Lipinski definition) is 3. The number of carbonyl (C=O) groups is 1. The van der Waals surface area contributed by atoms with Crippen LogP contribution in [0.5, 0.6) is 0 Å². The third-order valence-electron chi connectivity index (χ3n) is 4.16. The molecule has 1 aromatic carbocycles. The lowest BCUT2D eigenvalue weighted by Crippen LogP contribution is -2.47. The van der Waals surface area contributed by atoms with Crippen molar-refractivity contribution in [2.45, 2.75) is 24.7 Å². The molecule has 0 aromatic heterocycles. The van der Waals surface area contributed by atoms with Crippen LogP contribution in [0.2, 0.25) is 0 Å². The average molecular weight is 331 g/mol. The first-order valence-electron chi connectivity index (χ1n) is 7.39. The zero-order valence-corrected chi connectivity index (χ0v) is 13.7. The molecule has 0 saturated heterocycles. The van der Waals surface area contributed by atoms with Crippen molar-refractivity contribution in [2.75, 3.05) is 33.4 Å².